The van der Waals surface area contributed by atoms with E-state index in [0.29, 0.717) is 0 Å². The molecule has 1 heterocycles. The second-order valence-corrected chi connectivity index (χ2v) is 6.17. The van der Waals surface area contributed by atoms with E-state index in [1.165, 1.54) is 29.2 Å². The quantitative estimate of drug-likeness (QED) is 0.912. The monoisotopic (exact) mass is 284 g/mol. The van der Waals surface area contributed by atoms with Gasteiger partial charge in [0.15, 0.2) is 0 Å². The third-order valence-electron chi connectivity index (χ3n) is 3.17. The van der Waals surface area contributed by atoms with Crippen LogP contribution in [0.3, 0.4) is 0 Å². The molecule has 0 aliphatic carbocycles. The lowest BCUT2D eigenvalue weighted by Gasteiger charge is -2.25. The summed E-state index contributed by atoms with van der Waals surface area (Å²) in [5.41, 5.74) is 2.67. The lowest BCUT2D eigenvalue weighted by molar-refractivity contribution is 0.719. The zero-order valence-electron chi connectivity index (χ0n) is 10.9. The third kappa shape index (κ3) is 3.81. The van der Waals surface area contributed by atoms with Crippen LogP contribution < -0.4 is 10.2 Å². The van der Waals surface area contributed by atoms with E-state index in [9.17, 15) is 0 Å². The molecule has 2 rings (SSSR count). The summed E-state index contributed by atoms with van der Waals surface area (Å²) in [6.45, 7) is 6.32. The molecule has 1 aliphatic heterocycles. The molecule has 0 saturated carbocycles. The number of nitrogens with one attached hydrogen (secondary N) is 1. The smallest absolute Gasteiger partial charge is 0.0413 e. The fourth-order valence-electron chi connectivity index (χ4n) is 2.25. The van der Waals surface area contributed by atoms with Crippen molar-refractivity contribution in [3.8, 4) is 0 Å². The normalized spacial score (nSPS) is 16.7. The van der Waals surface area contributed by atoms with Gasteiger partial charge in [0.05, 0.1) is 0 Å². The van der Waals surface area contributed by atoms with E-state index in [-0.39, 0.29) is 0 Å². The van der Waals surface area contributed by atoms with Crippen LogP contribution in [-0.2, 0) is 6.54 Å². The van der Waals surface area contributed by atoms with Gasteiger partial charge in [-0.2, -0.15) is 11.8 Å². The third-order valence-corrected chi connectivity index (χ3v) is 4.45. The Morgan fingerprint density at radius 1 is 1.33 bits per heavy atom. The topological polar surface area (TPSA) is 15.3 Å². The Kier molecular flexibility index (Phi) is 5.67. The van der Waals surface area contributed by atoms with Gasteiger partial charge in [0.1, 0.15) is 0 Å². The predicted molar refractivity (Wildman–Crippen MR) is 83.0 cm³/mol. The summed E-state index contributed by atoms with van der Waals surface area (Å²) in [5.74, 6) is 2.51. The zero-order chi connectivity index (χ0) is 12.8. The first-order valence-corrected chi connectivity index (χ1v) is 8.16. The van der Waals surface area contributed by atoms with Crippen molar-refractivity contribution in [2.75, 3.05) is 36.0 Å². The highest BCUT2D eigenvalue weighted by atomic mass is 35.5. The first-order valence-electron chi connectivity index (χ1n) is 6.63. The number of hydrogen-bond donors (Lipinski definition) is 1. The number of thioether (sulfide) groups is 1. The molecule has 18 heavy (non-hydrogen) atoms. The minimum absolute atomic E-state index is 0.829. The molecule has 0 atom stereocenters. The molecule has 1 aromatic rings. The van der Waals surface area contributed by atoms with E-state index >= 15 is 0 Å². The van der Waals surface area contributed by atoms with Crippen LogP contribution in [0.15, 0.2) is 18.2 Å². The van der Waals surface area contributed by atoms with E-state index in [4.69, 9.17) is 11.6 Å². The highest BCUT2D eigenvalue weighted by Crippen LogP contribution is 2.26. The summed E-state index contributed by atoms with van der Waals surface area (Å²) < 4.78 is 0. The molecule has 4 heteroatoms. The lowest BCUT2D eigenvalue weighted by Crippen LogP contribution is -2.27. The van der Waals surface area contributed by atoms with E-state index < -0.39 is 0 Å². The molecule has 0 amide bonds. The fraction of sp³-hybridized carbons (Fsp3) is 0.571. The maximum Gasteiger partial charge on any atom is 0.0413 e. The molecule has 0 radical (unpaired) electrons. The molecule has 0 aromatic heterocycles. The maximum absolute atomic E-state index is 6.12. The molecule has 2 nitrogen and oxygen atoms in total. The molecule has 100 valence electrons. The Hall–Kier alpha value is -0.380. The van der Waals surface area contributed by atoms with Gasteiger partial charge in [0.25, 0.3) is 0 Å². The van der Waals surface area contributed by atoms with Crippen LogP contribution in [0.1, 0.15) is 18.9 Å². The molecular weight excluding hydrogens is 264 g/mol. The van der Waals surface area contributed by atoms with Gasteiger partial charge in [0, 0.05) is 36.1 Å². The van der Waals surface area contributed by atoms with Crippen molar-refractivity contribution in [1.29, 1.82) is 0 Å². The fourth-order valence-corrected chi connectivity index (χ4v) is 3.33. The van der Waals surface area contributed by atoms with Crippen LogP contribution in [0, 0.1) is 0 Å². The molecule has 0 spiro atoms. The second kappa shape index (κ2) is 7.27. The van der Waals surface area contributed by atoms with Crippen molar-refractivity contribution in [2.24, 2.45) is 0 Å². The van der Waals surface area contributed by atoms with Gasteiger partial charge in [0.2, 0.25) is 0 Å². The van der Waals surface area contributed by atoms with Crippen molar-refractivity contribution in [1.82, 2.24) is 5.32 Å². The molecular formula is C14H21ClN2S. The number of nitrogens with zero attached hydrogens (tertiary/aromatic N) is 1. The van der Waals surface area contributed by atoms with Gasteiger partial charge < -0.3 is 10.2 Å². The van der Waals surface area contributed by atoms with Gasteiger partial charge in [-0.15, -0.1) is 0 Å². The lowest BCUT2D eigenvalue weighted by atomic mass is 10.1. The first-order chi connectivity index (χ1) is 8.81. The second-order valence-electron chi connectivity index (χ2n) is 4.51. The Bertz CT molecular complexity index is 376. The van der Waals surface area contributed by atoms with Crippen molar-refractivity contribution >= 4 is 29.1 Å². The summed E-state index contributed by atoms with van der Waals surface area (Å²) in [5, 5.41) is 4.23. The Morgan fingerprint density at radius 3 is 3.06 bits per heavy atom. The summed E-state index contributed by atoms with van der Waals surface area (Å²) in [7, 11) is 0. The van der Waals surface area contributed by atoms with E-state index in [0.717, 1.165) is 31.2 Å². The molecule has 1 N–H and O–H groups in total. The van der Waals surface area contributed by atoms with Gasteiger partial charge >= 0.3 is 0 Å². The van der Waals surface area contributed by atoms with Crippen molar-refractivity contribution in [2.45, 2.75) is 19.9 Å². The van der Waals surface area contributed by atoms with E-state index in [2.05, 4.69) is 41.0 Å². The Labute approximate surface area is 119 Å². The molecule has 1 fully saturated rings. The largest absolute Gasteiger partial charge is 0.370 e. The minimum atomic E-state index is 0.829. The number of anilines is 1. The van der Waals surface area contributed by atoms with Crippen LogP contribution in [0.4, 0.5) is 5.69 Å². The summed E-state index contributed by atoms with van der Waals surface area (Å²) in [6.07, 6.45) is 1.27. The van der Waals surface area contributed by atoms with Crippen LogP contribution in [-0.4, -0.2) is 31.1 Å². The van der Waals surface area contributed by atoms with Crippen molar-refractivity contribution < 1.29 is 0 Å². The highest BCUT2D eigenvalue weighted by molar-refractivity contribution is 7.99. The standard InChI is InChI=1S/C14H21ClN2S/c1-2-16-11-12-10-13(15)4-5-14(12)17-6-3-8-18-9-7-17/h4-5,10,16H,2-3,6-9,11H2,1H3. The van der Waals surface area contributed by atoms with Gasteiger partial charge in [-0.05, 0) is 42.5 Å². The molecule has 1 saturated heterocycles. The average molecular weight is 285 g/mol. The summed E-state index contributed by atoms with van der Waals surface area (Å²) >= 11 is 8.17. The molecule has 1 aromatic carbocycles. The van der Waals surface area contributed by atoms with Gasteiger partial charge in [-0.25, -0.2) is 0 Å². The summed E-state index contributed by atoms with van der Waals surface area (Å²) in [4.78, 5) is 2.50. The predicted octanol–water partition coefficient (Wildman–Crippen LogP) is 3.39. The van der Waals surface area contributed by atoms with E-state index in [1.54, 1.807) is 0 Å². The van der Waals surface area contributed by atoms with Crippen LogP contribution in [0.25, 0.3) is 0 Å². The molecule has 0 unspecified atom stereocenters. The number of halogens is 1. The van der Waals surface area contributed by atoms with Crippen molar-refractivity contribution in [3.63, 3.8) is 0 Å². The SMILES string of the molecule is CCNCc1cc(Cl)ccc1N1CCCSCC1. The van der Waals surface area contributed by atoms with Crippen LogP contribution >= 0.6 is 23.4 Å². The van der Waals surface area contributed by atoms with Crippen molar-refractivity contribution in [3.05, 3.63) is 28.8 Å². The number of benzene rings is 1. The van der Waals surface area contributed by atoms with Crippen LogP contribution in [0.2, 0.25) is 5.02 Å². The van der Waals surface area contributed by atoms with E-state index in [1.807, 2.05) is 6.07 Å². The Balaban J connectivity index is 2.18. The van der Waals surface area contributed by atoms with Crippen LogP contribution in [0.5, 0.6) is 0 Å². The minimum Gasteiger partial charge on any atom is -0.370 e. The average Bonchev–Trinajstić information content (AvgIpc) is 2.65. The zero-order valence-corrected chi connectivity index (χ0v) is 12.5. The number of rotatable bonds is 4. The first kappa shape index (κ1) is 14.0. The van der Waals surface area contributed by atoms with Gasteiger partial charge in [-0.1, -0.05) is 18.5 Å². The maximum atomic E-state index is 6.12. The molecule has 1 aliphatic rings. The number of hydrogen-bond acceptors (Lipinski definition) is 3. The highest BCUT2D eigenvalue weighted by Gasteiger charge is 2.13. The molecule has 0 bridgehead atoms. The summed E-state index contributed by atoms with van der Waals surface area (Å²) in [6, 6.07) is 6.27. The van der Waals surface area contributed by atoms with Gasteiger partial charge in [-0.3, -0.25) is 0 Å². The Morgan fingerprint density at radius 2 is 2.22 bits per heavy atom.